The van der Waals surface area contributed by atoms with Crippen molar-refractivity contribution in [2.24, 2.45) is 5.10 Å². The molecule has 3 aromatic rings. The number of ether oxygens (including phenoxy) is 3. The van der Waals surface area contributed by atoms with Crippen molar-refractivity contribution < 1.29 is 19.0 Å². The number of benzene rings is 2. The summed E-state index contributed by atoms with van der Waals surface area (Å²) in [6.07, 6.45) is 3.62. The Bertz CT molecular complexity index is 1210. The molecule has 194 valence electrons. The lowest BCUT2D eigenvalue weighted by Gasteiger charge is -2.16. The first kappa shape index (κ1) is 25.7. The zero-order chi connectivity index (χ0) is 26.0. The molecule has 2 aromatic carbocycles. The van der Waals surface area contributed by atoms with E-state index >= 15 is 0 Å². The van der Waals surface area contributed by atoms with Gasteiger partial charge in [-0.05, 0) is 62.6 Å². The van der Waals surface area contributed by atoms with Crippen molar-refractivity contribution in [2.75, 3.05) is 42.4 Å². The molecule has 2 heterocycles. The number of carbonyl (C=O) groups excluding carboxylic acids is 1. The van der Waals surface area contributed by atoms with Crippen LogP contribution >= 0.6 is 0 Å². The summed E-state index contributed by atoms with van der Waals surface area (Å²) in [6, 6.07) is 15.0. The first-order valence-corrected chi connectivity index (χ1v) is 12.1. The summed E-state index contributed by atoms with van der Waals surface area (Å²) in [5.41, 5.74) is 4.53. The number of nitrogens with one attached hydrogen (secondary N) is 2. The highest BCUT2D eigenvalue weighted by atomic mass is 16.6. The lowest BCUT2D eigenvalue weighted by Crippen LogP contribution is -2.21. The van der Waals surface area contributed by atoms with E-state index in [9.17, 15) is 4.79 Å². The molecule has 0 spiro atoms. The molecule has 37 heavy (non-hydrogen) atoms. The molecule has 1 aliphatic heterocycles. The van der Waals surface area contributed by atoms with E-state index in [-0.39, 0.29) is 12.7 Å². The summed E-state index contributed by atoms with van der Waals surface area (Å²) >= 11 is 0. The standard InChI is InChI=1S/C26H31N7O4/c1-18(2)37-23(34)17-36-21-12-11-19(15-22(21)35-3)16-27-32-25-29-24(28-20-9-5-4-6-10-20)30-26(31-25)33-13-7-8-14-33/h4-6,9-12,15-16,18H,7-8,13-14,17H2,1-3H3,(H2,28,29,30,31,32)/b27-16+. The number of carbonyl (C=O) groups is 1. The number of esters is 1. The van der Waals surface area contributed by atoms with Gasteiger partial charge in [-0.25, -0.2) is 10.2 Å². The van der Waals surface area contributed by atoms with Crippen LogP contribution in [-0.4, -0.2) is 60.0 Å². The van der Waals surface area contributed by atoms with Gasteiger partial charge in [0.05, 0.1) is 19.4 Å². The molecule has 0 saturated carbocycles. The predicted molar refractivity (Wildman–Crippen MR) is 142 cm³/mol. The van der Waals surface area contributed by atoms with Crippen LogP contribution in [0.3, 0.4) is 0 Å². The molecule has 2 N–H and O–H groups in total. The van der Waals surface area contributed by atoms with E-state index < -0.39 is 5.97 Å². The average molecular weight is 506 g/mol. The first-order valence-electron chi connectivity index (χ1n) is 12.1. The molecule has 0 aliphatic carbocycles. The van der Waals surface area contributed by atoms with Crippen LogP contribution in [0, 0.1) is 0 Å². The summed E-state index contributed by atoms with van der Waals surface area (Å²) in [5, 5.41) is 7.52. The Kier molecular flexibility index (Phi) is 8.69. The number of hydrogen-bond donors (Lipinski definition) is 2. The Morgan fingerprint density at radius 1 is 1.05 bits per heavy atom. The van der Waals surface area contributed by atoms with Gasteiger partial charge in [0.15, 0.2) is 18.1 Å². The van der Waals surface area contributed by atoms with E-state index in [0.717, 1.165) is 37.2 Å². The van der Waals surface area contributed by atoms with Crippen molar-refractivity contribution in [1.29, 1.82) is 0 Å². The SMILES string of the molecule is COc1cc(/C=N/Nc2nc(Nc3ccccc3)nc(N3CCCC3)n2)ccc1OCC(=O)OC(C)C. The summed E-state index contributed by atoms with van der Waals surface area (Å²) in [4.78, 5) is 27.5. The van der Waals surface area contributed by atoms with Crippen molar-refractivity contribution in [3.8, 4) is 11.5 Å². The maximum absolute atomic E-state index is 11.8. The Morgan fingerprint density at radius 2 is 1.81 bits per heavy atom. The third-order valence-corrected chi connectivity index (χ3v) is 5.32. The number of aromatic nitrogens is 3. The van der Waals surface area contributed by atoms with Gasteiger partial charge in [0.1, 0.15) is 0 Å². The summed E-state index contributed by atoms with van der Waals surface area (Å²) in [5.74, 6) is 1.80. The van der Waals surface area contributed by atoms with Crippen LogP contribution in [0.15, 0.2) is 53.6 Å². The van der Waals surface area contributed by atoms with Crippen LogP contribution in [0.25, 0.3) is 0 Å². The molecule has 0 bridgehead atoms. The molecular formula is C26H31N7O4. The quantitative estimate of drug-likeness (QED) is 0.224. The fourth-order valence-electron chi connectivity index (χ4n) is 3.66. The lowest BCUT2D eigenvalue weighted by atomic mass is 10.2. The van der Waals surface area contributed by atoms with Crippen LogP contribution in [-0.2, 0) is 9.53 Å². The van der Waals surface area contributed by atoms with Crippen molar-refractivity contribution in [2.45, 2.75) is 32.8 Å². The molecule has 0 amide bonds. The Hall–Kier alpha value is -4.41. The van der Waals surface area contributed by atoms with Gasteiger partial charge in [-0.15, -0.1) is 0 Å². The summed E-state index contributed by atoms with van der Waals surface area (Å²) in [7, 11) is 1.53. The van der Waals surface area contributed by atoms with Gasteiger partial charge in [-0.2, -0.15) is 20.1 Å². The highest BCUT2D eigenvalue weighted by Crippen LogP contribution is 2.27. The average Bonchev–Trinajstić information content (AvgIpc) is 3.43. The van der Waals surface area contributed by atoms with E-state index in [1.807, 2.05) is 30.3 Å². The van der Waals surface area contributed by atoms with Gasteiger partial charge < -0.3 is 24.4 Å². The van der Waals surface area contributed by atoms with Gasteiger partial charge in [0.25, 0.3) is 0 Å². The highest BCUT2D eigenvalue weighted by Gasteiger charge is 2.17. The highest BCUT2D eigenvalue weighted by molar-refractivity contribution is 5.81. The van der Waals surface area contributed by atoms with E-state index in [1.165, 1.54) is 7.11 Å². The second-order valence-corrected chi connectivity index (χ2v) is 8.58. The Balaban J connectivity index is 1.45. The maximum atomic E-state index is 11.8. The minimum Gasteiger partial charge on any atom is -0.493 e. The monoisotopic (exact) mass is 505 g/mol. The number of rotatable bonds is 11. The third kappa shape index (κ3) is 7.53. The van der Waals surface area contributed by atoms with Crippen molar-refractivity contribution >= 4 is 35.7 Å². The van der Waals surface area contributed by atoms with Crippen molar-refractivity contribution in [3.63, 3.8) is 0 Å². The second-order valence-electron chi connectivity index (χ2n) is 8.58. The van der Waals surface area contributed by atoms with E-state index in [4.69, 9.17) is 14.2 Å². The summed E-state index contributed by atoms with van der Waals surface area (Å²) < 4.78 is 16.0. The zero-order valence-corrected chi connectivity index (χ0v) is 21.2. The number of nitrogens with zero attached hydrogens (tertiary/aromatic N) is 5. The van der Waals surface area contributed by atoms with E-state index in [2.05, 4.69) is 35.7 Å². The molecule has 0 radical (unpaired) electrons. The number of hydrogen-bond acceptors (Lipinski definition) is 11. The molecular weight excluding hydrogens is 474 g/mol. The molecule has 11 nitrogen and oxygen atoms in total. The fourth-order valence-corrected chi connectivity index (χ4v) is 3.66. The van der Waals surface area contributed by atoms with Gasteiger partial charge in [0, 0.05) is 18.8 Å². The van der Waals surface area contributed by atoms with Gasteiger partial charge in [-0.1, -0.05) is 18.2 Å². The lowest BCUT2D eigenvalue weighted by molar-refractivity contribution is -0.149. The largest absolute Gasteiger partial charge is 0.493 e. The van der Waals surface area contributed by atoms with Crippen LogP contribution in [0.4, 0.5) is 23.5 Å². The summed E-state index contributed by atoms with van der Waals surface area (Å²) in [6.45, 7) is 5.17. The zero-order valence-electron chi connectivity index (χ0n) is 21.2. The second kappa shape index (κ2) is 12.5. The minimum atomic E-state index is -0.446. The number of para-hydroxylation sites is 1. The Morgan fingerprint density at radius 3 is 2.54 bits per heavy atom. The van der Waals surface area contributed by atoms with Crippen LogP contribution < -0.4 is 25.1 Å². The van der Waals surface area contributed by atoms with Gasteiger partial charge in [0.2, 0.25) is 17.8 Å². The molecule has 11 heteroatoms. The number of hydrazone groups is 1. The molecule has 1 aromatic heterocycles. The van der Waals surface area contributed by atoms with E-state index in [0.29, 0.717) is 29.3 Å². The number of methoxy groups -OCH3 is 1. The van der Waals surface area contributed by atoms with Gasteiger partial charge in [-0.3, -0.25) is 0 Å². The van der Waals surface area contributed by atoms with Crippen molar-refractivity contribution in [3.05, 3.63) is 54.1 Å². The fraction of sp³-hybridized carbons (Fsp3) is 0.346. The third-order valence-electron chi connectivity index (χ3n) is 5.32. The van der Waals surface area contributed by atoms with Crippen molar-refractivity contribution in [1.82, 2.24) is 15.0 Å². The van der Waals surface area contributed by atoms with Crippen LogP contribution in [0.2, 0.25) is 0 Å². The van der Waals surface area contributed by atoms with Crippen LogP contribution in [0.1, 0.15) is 32.3 Å². The number of anilines is 4. The maximum Gasteiger partial charge on any atom is 0.344 e. The molecule has 1 saturated heterocycles. The van der Waals surface area contributed by atoms with Crippen LogP contribution in [0.5, 0.6) is 11.5 Å². The predicted octanol–water partition coefficient (Wildman–Crippen LogP) is 4.00. The minimum absolute atomic E-state index is 0.204. The molecule has 1 fully saturated rings. The molecule has 4 rings (SSSR count). The van der Waals surface area contributed by atoms with Gasteiger partial charge >= 0.3 is 5.97 Å². The first-order chi connectivity index (χ1) is 18.0. The molecule has 1 aliphatic rings. The molecule has 0 atom stereocenters. The smallest absolute Gasteiger partial charge is 0.344 e. The normalized spacial score (nSPS) is 13.1. The topological polar surface area (TPSA) is 123 Å². The Labute approximate surface area is 215 Å². The van der Waals surface area contributed by atoms with E-state index in [1.54, 1.807) is 38.3 Å². The molecule has 0 unspecified atom stereocenters.